The molecule has 5 rings (SSSR count). The predicted molar refractivity (Wildman–Crippen MR) is 194 cm³/mol. The van der Waals surface area contributed by atoms with Crippen LogP contribution in [0.15, 0.2) is 75.7 Å². The first-order valence-corrected chi connectivity index (χ1v) is 17.6. The first kappa shape index (κ1) is 37.7. The number of ether oxygens (including phenoxy) is 6. The van der Waals surface area contributed by atoms with Gasteiger partial charge in [-0.05, 0) is 75.2 Å². The third-order valence-electron chi connectivity index (χ3n) is 7.81. The number of benzene rings is 3. The lowest BCUT2D eigenvalue weighted by atomic mass is 9.95. The number of nitrogens with zero attached hydrogens (tertiary/aromatic N) is 3. The molecule has 1 aliphatic rings. The topological polar surface area (TPSA) is 148 Å². The number of methoxy groups -OCH3 is 1. The van der Waals surface area contributed by atoms with Crippen molar-refractivity contribution in [3.8, 4) is 29.1 Å². The molecular weight excluding hydrogens is 710 g/mol. The van der Waals surface area contributed by atoms with E-state index in [9.17, 15) is 19.6 Å². The molecule has 1 aromatic heterocycles. The Morgan fingerprint density at radius 3 is 2.44 bits per heavy atom. The molecule has 2 heterocycles. The molecule has 14 heteroatoms. The molecule has 3 aromatic carbocycles. The van der Waals surface area contributed by atoms with E-state index in [2.05, 4.69) is 15.8 Å². The highest BCUT2D eigenvalue weighted by Crippen LogP contribution is 2.38. The van der Waals surface area contributed by atoms with Crippen molar-refractivity contribution in [2.75, 3.05) is 33.5 Å². The second-order valence-electron chi connectivity index (χ2n) is 11.1. The minimum absolute atomic E-state index is 0.0903. The molecule has 0 amide bonds. The lowest BCUT2D eigenvalue weighted by Crippen LogP contribution is -2.40. The number of thiazole rings is 1. The van der Waals surface area contributed by atoms with Crippen LogP contribution in [0.1, 0.15) is 56.0 Å². The maximum atomic E-state index is 14.3. The number of nitriles is 1. The Labute approximate surface area is 308 Å². The zero-order valence-corrected chi connectivity index (χ0v) is 30.8. The first-order valence-electron chi connectivity index (χ1n) is 16.4. The molecule has 1 aliphatic heterocycles. The summed E-state index contributed by atoms with van der Waals surface area (Å²) in [5.74, 6) is 0.0625. The zero-order chi connectivity index (χ0) is 37.4. The number of rotatable bonds is 14. The molecule has 0 fully saturated rings. The Bertz CT molecular complexity index is 2250. The number of carbonyl (C=O) groups excluding carboxylic acids is 2. The van der Waals surface area contributed by atoms with Gasteiger partial charge in [-0.3, -0.25) is 9.36 Å². The molecule has 0 bridgehead atoms. The Morgan fingerprint density at radius 2 is 1.73 bits per heavy atom. The zero-order valence-electron chi connectivity index (χ0n) is 29.2. The number of halogens is 1. The minimum atomic E-state index is -0.930. The van der Waals surface area contributed by atoms with Gasteiger partial charge in [0, 0.05) is 5.56 Å². The number of carbonyl (C=O) groups is 2. The minimum Gasteiger partial charge on any atom is -0.490 e. The maximum Gasteiger partial charge on any atom is 0.343 e. The lowest BCUT2D eigenvalue weighted by Gasteiger charge is -2.25. The van der Waals surface area contributed by atoms with Crippen molar-refractivity contribution >= 4 is 41.0 Å². The number of aromatic nitrogens is 1. The van der Waals surface area contributed by atoms with Gasteiger partial charge in [0.1, 0.15) is 6.61 Å². The van der Waals surface area contributed by atoms with E-state index in [1.807, 2.05) is 13.0 Å². The smallest absolute Gasteiger partial charge is 0.343 e. The molecule has 270 valence electrons. The second-order valence-corrected chi connectivity index (χ2v) is 12.5. The van der Waals surface area contributed by atoms with E-state index in [-0.39, 0.29) is 42.8 Å². The largest absolute Gasteiger partial charge is 0.490 e. The lowest BCUT2D eigenvalue weighted by molar-refractivity contribution is -0.143. The van der Waals surface area contributed by atoms with Crippen molar-refractivity contribution in [2.24, 2.45) is 4.99 Å². The van der Waals surface area contributed by atoms with E-state index in [1.54, 1.807) is 75.4 Å². The standard InChI is InChI=1S/C38H36ClN3O9S/c1-6-47-29-18-24(13-14-28(29)50-21-32(43)46-5)34-33(37(45)49-8-3)22(4)41-38-42(34)36(44)31(52-38)17-23-15-27(39)35(30(16-23)48-7-2)51-20-26-12-10-9-11-25(26)19-40/h9-18,34H,6-8,20-21H2,1-5H3/b31-17-/t34-/m1/s1. The molecule has 0 aliphatic carbocycles. The summed E-state index contributed by atoms with van der Waals surface area (Å²) in [6.07, 6.45) is 1.67. The van der Waals surface area contributed by atoms with Gasteiger partial charge in [-0.2, -0.15) is 5.26 Å². The first-order chi connectivity index (χ1) is 25.1. The summed E-state index contributed by atoms with van der Waals surface area (Å²) in [5.41, 5.74) is 2.44. The molecule has 0 spiro atoms. The van der Waals surface area contributed by atoms with Crippen LogP contribution in [0.3, 0.4) is 0 Å². The summed E-state index contributed by atoms with van der Waals surface area (Å²) in [4.78, 5) is 44.5. The molecule has 52 heavy (non-hydrogen) atoms. The molecule has 4 aromatic rings. The number of fused-ring (bicyclic) bond motifs is 1. The predicted octanol–water partition coefficient (Wildman–Crippen LogP) is 5.25. The molecular formula is C38H36ClN3O9S. The Morgan fingerprint density at radius 1 is 0.981 bits per heavy atom. The molecule has 1 atom stereocenters. The number of hydrogen-bond acceptors (Lipinski definition) is 12. The third-order valence-corrected chi connectivity index (χ3v) is 9.08. The third kappa shape index (κ3) is 8.14. The van der Waals surface area contributed by atoms with E-state index in [0.29, 0.717) is 61.1 Å². The maximum absolute atomic E-state index is 14.3. The Kier molecular flexibility index (Phi) is 12.4. The van der Waals surface area contributed by atoms with Gasteiger partial charge >= 0.3 is 11.9 Å². The highest BCUT2D eigenvalue weighted by atomic mass is 35.5. The molecule has 0 saturated carbocycles. The van der Waals surface area contributed by atoms with Gasteiger partial charge in [0.05, 0.1) is 65.4 Å². The summed E-state index contributed by atoms with van der Waals surface area (Å²) in [6.45, 7) is 7.48. The average Bonchev–Trinajstić information content (AvgIpc) is 3.43. The Hall–Kier alpha value is -5.58. The summed E-state index contributed by atoms with van der Waals surface area (Å²) >= 11 is 7.88. The number of allylic oxidation sites excluding steroid dienone is 1. The normalized spacial score (nSPS) is 13.8. The molecule has 0 unspecified atom stereocenters. The fourth-order valence-corrected chi connectivity index (χ4v) is 6.84. The van der Waals surface area contributed by atoms with Crippen molar-refractivity contribution in [2.45, 2.75) is 40.3 Å². The average molecular weight is 746 g/mol. The monoisotopic (exact) mass is 745 g/mol. The van der Waals surface area contributed by atoms with Gasteiger partial charge in [-0.15, -0.1) is 0 Å². The van der Waals surface area contributed by atoms with Gasteiger partial charge in [-0.25, -0.2) is 14.6 Å². The van der Waals surface area contributed by atoms with E-state index in [1.165, 1.54) is 11.7 Å². The quantitative estimate of drug-likeness (QED) is 0.157. The van der Waals surface area contributed by atoms with Crippen LogP contribution in [-0.2, 0) is 25.7 Å². The van der Waals surface area contributed by atoms with Gasteiger partial charge in [0.15, 0.2) is 34.4 Å². The van der Waals surface area contributed by atoms with Crippen LogP contribution >= 0.6 is 22.9 Å². The second kappa shape index (κ2) is 17.1. The van der Waals surface area contributed by atoms with Crippen LogP contribution in [0.4, 0.5) is 0 Å². The highest BCUT2D eigenvalue weighted by molar-refractivity contribution is 7.07. The highest BCUT2D eigenvalue weighted by Gasteiger charge is 2.34. The number of hydrogen-bond donors (Lipinski definition) is 0. The van der Waals surface area contributed by atoms with Gasteiger partial charge in [-0.1, -0.05) is 47.2 Å². The summed E-state index contributed by atoms with van der Waals surface area (Å²) in [5, 5.41) is 9.72. The van der Waals surface area contributed by atoms with Gasteiger partial charge in [0.2, 0.25) is 0 Å². The van der Waals surface area contributed by atoms with E-state index < -0.39 is 23.5 Å². The van der Waals surface area contributed by atoms with Crippen LogP contribution < -0.4 is 33.8 Å². The van der Waals surface area contributed by atoms with Crippen molar-refractivity contribution in [1.29, 1.82) is 5.26 Å². The van der Waals surface area contributed by atoms with E-state index in [0.717, 1.165) is 11.3 Å². The summed E-state index contributed by atoms with van der Waals surface area (Å²) < 4.78 is 35.3. The van der Waals surface area contributed by atoms with Crippen LogP contribution in [0.25, 0.3) is 6.08 Å². The van der Waals surface area contributed by atoms with Crippen LogP contribution in [0.5, 0.6) is 23.0 Å². The molecule has 12 nitrogen and oxygen atoms in total. The number of esters is 2. The summed E-state index contributed by atoms with van der Waals surface area (Å²) in [7, 11) is 1.26. The van der Waals surface area contributed by atoms with Crippen LogP contribution in [-0.4, -0.2) is 50.0 Å². The fourth-order valence-electron chi connectivity index (χ4n) is 5.52. The van der Waals surface area contributed by atoms with E-state index >= 15 is 0 Å². The summed E-state index contributed by atoms with van der Waals surface area (Å²) in [6, 6.07) is 16.7. The molecule has 0 radical (unpaired) electrons. The van der Waals surface area contributed by atoms with Gasteiger partial charge in [0.25, 0.3) is 5.56 Å². The molecule has 0 saturated heterocycles. The van der Waals surface area contributed by atoms with Crippen molar-refractivity contribution in [1.82, 2.24) is 4.57 Å². The molecule has 0 N–H and O–H groups in total. The SMILES string of the molecule is CCOC(=O)C1=C(C)N=c2s/c(=C\c3cc(Cl)c(OCc4ccccc4C#N)c(OCC)c3)c(=O)n2[C@@H]1c1ccc(OCC(=O)OC)c(OCC)c1. The van der Waals surface area contributed by atoms with E-state index in [4.69, 9.17) is 35.3 Å². The van der Waals surface area contributed by atoms with Gasteiger partial charge < -0.3 is 28.4 Å². The Balaban J connectivity index is 1.60. The van der Waals surface area contributed by atoms with Crippen LogP contribution in [0, 0.1) is 11.3 Å². The van der Waals surface area contributed by atoms with Crippen molar-refractivity contribution in [3.63, 3.8) is 0 Å². The fraction of sp³-hybridized carbons (Fsp3) is 0.289. The van der Waals surface area contributed by atoms with Crippen molar-refractivity contribution < 1.29 is 38.0 Å². The van der Waals surface area contributed by atoms with Crippen molar-refractivity contribution in [3.05, 3.63) is 113 Å². The van der Waals surface area contributed by atoms with Crippen LogP contribution in [0.2, 0.25) is 5.02 Å².